The number of alkyl halides is 3. The first-order valence-corrected chi connectivity index (χ1v) is 11.4. The highest BCUT2D eigenvalue weighted by molar-refractivity contribution is 5.91. The zero-order valence-corrected chi connectivity index (χ0v) is 19.6. The van der Waals surface area contributed by atoms with Gasteiger partial charge in [-0.25, -0.2) is 4.79 Å². The third kappa shape index (κ3) is 4.03. The molecular formula is C26H29F3N2O3. The molecule has 1 fully saturated rings. The van der Waals surface area contributed by atoms with E-state index >= 15 is 0 Å². The molecule has 1 atom stereocenters. The minimum atomic E-state index is -4.39. The van der Waals surface area contributed by atoms with Crippen LogP contribution in [0.4, 0.5) is 18.0 Å². The molecule has 0 aromatic heterocycles. The van der Waals surface area contributed by atoms with Crippen molar-refractivity contribution >= 4 is 12.0 Å². The number of carboxylic acid groups (broad SMARTS) is 1. The van der Waals surface area contributed by atoms with Gasteiger partial charge in [0.15, 0.2) is 0 Å². The number of hydrogen-bond acceptors (Lipinski definition) is 2. The van der Waals surface area contributed by atoms with Crippen LogP contribution >= 0.6 is 0 Å². The monoisotopic (exact) mass is 474 g/mol. The van der Waals surface area contributed by atoms with Crippen molar-refractivity contribution in [3.8, 4) is 11.1 Å². The van der Waals surface area contributed by atoms with Gasteiger partial charge in [-0.1, -0.05) is 45.0 Å². The molecule has 2 aliphatic rings. The number of benzene rings is 2. The molecule has 182 valence electrons. The van der Waals surface area contributed by atoms with Crippen molar-refractivity contribution in [2.45, 2.75) is 58.3 Å². The van der Waals surface area contributed by atoms with Crippen molar-refractivity contribution in [1.29, 1.82) is 0 Å². The van der Waals surface area contributed by atoms with Gasteiger partial charge in [-0.2, -0.15) is 13.2 Å². The standard InChI is InChI=1S/C26H29F3N2O3/c1-24(2,3)25(12-4-13-31(25)23(33)34)22(32)30-14-11-18-5-6-19(15-20(18)16-30)17-7-9-21(10-8-17)26(27,28)29/h5-10,15H,4,11-14,16H2,1-3H3,(H,33,34)/t25-/m0/s1. The summed E-state index contributed by atoms with van der Waals surface area (Å²) in [4.78, 5) is 29.0. The van der Waals surface area contributed by atoms with E-state index in [4.69, 9.17) is 0 Å². The smallest absolute Gasteiger partial charge is 0.416 e. The summed E-state index contributed by atoms with van der Waals surface area (Å²) in [6, 6.07) is 10.8. The van der Waals surface area contributed by atoms with E-state index in [1.165, 1.54) is 17.0 Å². The van der Waals surface area contributed by atoms with Crippen molar-refractivity contribution in [2.24, 2.45) is 5.41 Å². The number of carbonyl (C=O) groups excluding carboxylic acids is 1. The van der Waals surface area contributed by atoms with E-state index < -0.39 is 28.8 Å². The Bertz CT molecular complexity index is 1110. The predicted octanol–water partition coefficient (Wildman–Crippen LogP) is 5.82. The van der Waals surface area contributed by atoms with Crippen molar-refractivity contribution in [3.05, 3.63) is 59.2 Å². The maximum atomic E-state index is 13.9. The molecule has 0 spiro atoms. The second kappa shape index (κ2) is 8.32. The van der Waals surface area contributed by atoms with Crippen molar-refractivity contribution in [2.75, 3.05) is 13.1 Å². The van der Waals surface area contributed by atoms with Gasteiger partial charge in [-0.3, -0.25) is 9.69 Å². The molecule has 2 amide bonds. The molecule has 0 bridgehead atoms. The fourth-order valence-corrected chi connectivity index (χ4v) is 5.42. The van der Waals surface area contributed by atoms with Crippen LogP contribution in [-0.2, 0) is 23.9 Å². The summed E-state index contributed by atoms with van der Waals surface area (Å²) >= 11 is 0. The Hall–Kier alpha value is -3.03. The highest BCUT2D eigenvalue weighted by Gasteiger charge is 2.58. The first kappa shape index (κ1) is 24.1. The van der Waals surface area contributed by atoms with Crippen LogP contribution in [-0.4, -0.2) is 45.5 Å². The Balaban J connectivity index is 1.63. The van der Waals surface area contributed by atoms with Crippen LogP contribution in [0.15, 0.2) is 42.5 Å². The quantitative estimate of drug-likeness (QED) is 0.597. The number of likely N-dealkylation sites (tertiary alicyclic amines) is 1. The predicted molar refractivity (Wildman–Crippen MR) is 122 cm³/mol. The molecule has 2 aliphatic heterocycles. The summed E-state index contributed by atoms with van der Waals surface area (Å²) in [6.07, 6.45) is -3.71. The molecule has 0 unspecified atom stereocenters. The van der Waals surface area contributed by atoms with Gasteiger partial charge in [0, 0.05) is 19.6 Å². The van der Waals surface area contributed by atoms with Crippen LogP contribution in [0.1, 0.15) is 50.3 Å². The highest BCUT2D eigenvalue weighted by Crippen LogP contribution is 2.45. The van der Waals surface area contributed by atoms with Crippen LogP contribution in [0.5, 0.6) is 0 Å². The molecule has 2 aromatic rings. The summed E-state index contributed by atoms with van der Waals surface area (Å²) in [5.74, 6) is -0.175. The van der Waals surface area contributed by atoms with E-state index in [0.29, 0.717) is 44.5 Å². The van der Waals surface area contributed by atoms with Crippen LogP contribution in [0.3, 0.4) is 0 Å². The number of halogens is 3. The molecule has 2 heterocycles. The Labute approximate surface area is 197 Å². The lowest BCUT2D eigenvalue weighted by molar-refractivity contribution is -0.150. The van der Waals surface area contributed by atoms with Gasteiger partial charge in [0.1, 0.15) is 5.54 Å². The largest absolute Gasteiger partial charge is 0.465 e. The fourth-order valence-electron chi connectivity index (χ4n) is 5.42. The van der Waals surface area contributed by atoms with Gasteiger partial charge >= 0.3 is 12.3 Å². The van der Waals surface area contributed by atoms with E-state index in [9.17, 15) is 27.9 Å². The SMILES string of the molecule is CC(C)(C)[C@@]1(C(=O)N2CCc3ccc(-c4ccc(C(F)(F)F)cc4)cc3C2)CCCN1C(=O)O. The molecule has 0 radical (unpaired) electrons. The average molecular weight is 475 g/mol. The lowest BCUT2D eigenvalue weighted by Gasteiger charge is -2.48. The van der Waals surface area contributed by atoms with E-state index in [0.717, 1.165) is 28.8 Å². The van der Waals surface area contributed by atoms with Gasteiger partial charge in [0.2, 0.25) is 5.91 Å². The fraction of sp³-hybridized carbons (Fsp3) is 0.462. The first-order valence-electron chi connectivity index (χ1n) is 11.4. The van der Waals surface area contributed by atoms with Gasteiger partial charge in [0.05, 0.1) is 5.56 Å². The Morgan fingerprint density at radius 2 is 1.59 bits per heavy atom. The molecule has 5 nitrogen and oxygen atoms in total. The van der Waals surface area contributed by atoms with Crippen LogP contribution in [0.2, 0.25) is 0 Å². The average Bonchev–Trinajstić information content (AvgIpc) is 3.24. The molecule has 34 heavy (non-hydrogen) atoms. The van der Waals surface area contributed by atoms with Gasteiger partial charge < -0.3 is 10.0 Å². The summed E-state index contributed by atoms with van der Waals surface area (Å²) in [6.45, 7) is 6.90. The second-order valence-electron chi connectivity index (χ2n) is 10.2. The van der Waals surface area contributed by atoms with Crippen LogP contribution in [0.25, 0.3) is 11.1 Å². The van der Waals surface area contributed by atoms with Crippen molar-refractivity contribution < 1.29 is 27.9 Å². The van der Waals surface area contributed by atoms with E-state index in [1.807, 2.05) is 39.0 Å². The molecule has 0 saturated carbocycles. The summed E-state index contributed by atoms with van der Waals surface area (Å²) in [7, 11) is 0. The maximum Gasteiger partial charge on any atom is 0.416 e. The van der Waals surface area contributed by atoms with Gasteiger partial charge in [-0.15, -0.1) is 0 Å². The number of nitrogens with zero attached hydrogens (tertiary/aromatic N) is 2. The van der Waals surface area contributed by atoms with Gasteiger partial charge in [0.25, 0.3) is 0 Å². The molecule has 1 N–H and O–H groups in total. The van der Waals surface area contributed by atoms with Crippen LogP contribution in [0, 0.1) is 5.41 Å². The Morgan fingerprint density at radius 1 is 0.941 bits per heavy atom. The third-order valence-electron chi connectivity index (χ3n) is 7.26. The van der Waals surface area contributed by atoms with E-state index in [1.54, 1.807) is 4.90 Å². The summed E-state index contributed by atoms with van der Waals surface area (Å²) in [5, 5.41) is 9.83. The minimum Gasteiger partial charge on any atom is -0.465 e. The number of amides is 2. The molecular weight excluding hydrogens is 445 g/mol. The topological polar surface area (TPSA) is 60.9 Å². The molecule has 2 aromatic carbocycles. The van der Waals surface area contributed by atoms with Crippen LogP contribution < -0.4 is 0 Å². The summed E-state index contributed by atoms with van der Waals surface area (Å²) in [5.41, 5.74) is 1.06. The summed E-state index contributed by atoms with van der Waals surface area (Å²) < 4.78 is 38.7. The van der Waals surface area contributed by atoms with Crippen molar-refractivity contribution in [3.63, 3.8) is 0 Å². The lowest BCUT2D eigenvalue weighted by atomic mass is 9.70. The number of carbonyl (C=O) groups is 2. The Morgan fingerprint density at radius 3 is 2.18 bits per heavy atom. The third-order valence-corrected chi connectivity index (χ3v) is 7.26. The highest BCUT2D eigenvalue weighted by atomic mass is 19.4. The zero-order chi connectivity index (χ0) is 24.9. The molecule has 8 heteroatoms. The number of fused-ring (bicyclic) bond motifs is 1. The molecule has 0 aliphatic carbocycles. The minimum absolute atomic E-state index is 0.175. The zero-order valence-electron chi connectivity index (χ0n) is 19.6. The second-order valence-corrected chi connectivity index (χ2v) is 10.2. The Kier molecular flexibility index (Phi) is 5.90. The number of hydrogen-bond donors (Lipinski definition) is 1. The van der Waals surface area contributed by atoms with Crippen molar-refractivity contribution in [1.82, 2.24) is 9.80 Å². The normalized spacial score (nSPS) is 20.9. The first-order chi connectivity index (χ1) is 15.8. The van der Waals surface area contributed by atoms with Gasteiger partial charge in [-0.05, 0) is 65.1 Å². The number of rotatable bonds is 2. The molecule has 4 rings (SSSR count). The molecule has 1 saturated heterocycles. The van der Waals surface area contributed by atoms with E-state index in [-0.39, 0.29) is 5.91 Å². The maximum absolute atomic E-state index is 13.9. The lowest BCUT2D eigenvalue weighted by Crippen LogP contribution is -2.65. The van der Waals surface area contributed by atoms with E-state index in [2.05, 4.69) is 0 Å².